The fourth-order valence-corrected chi connectivity index (χ4v) is 4.47. The maximum absolute atomic E-state index is 13.1. The number of hydrogen-bond acceptors (Lipinski definition) is 4. The number of carbonyl (C=O) groups excluding carboxylic acids is 2. The summed E-state index contributed by atoms with van der Waals surface area (Å²) in [6.45, 7) is 10.0. The van der Waals surface area contributed by atoms with Crippen molar-refractivity contribution < 1.29 is 14.4 Å². The first-order valence-corrected chi connectivity index (χ1v) is 10.3. The van der Waals surface area contributed by atoms with Gasteiger partial charge in [0.15, 0.2) is 0 Å². The molecule has 1 saturated carbocycles. The van der Waals surface area contributed by atoms with Crippen LogP contribution in [0.25, 0.3) is 0 Å². The molecule has 148 valence electrons. The zero-order chi connectivity index (χ0) is 18.9. The molecule has 26 heavy (non-hydrogen) atoms. The molecule has 6 heteroatoms. The lowest BCUT2D eigenvalue weighted by Gasteiger charge is -2.38. The Balaban J connectivity index is 1.54. The maximum Gasteiger partial charge on any atom is 0.330 e. The van der Waals surface area contributed by atoms with Crippen LogP contribution in [0.5, 0.6) is 0 Å². The van der Waals surface area contributed by atoms with Crippen LogP contribution in [0.3, 0.4) is 0 Å². The van der Waals surface area contributed by atoms with E-state index in [9.17, 15) is 9.59 Å². The predicted octanol–water partition coefficient (Wildman–Crippen LogP) is 3.41. The lowest BCUT2D eigenvalue weighted by Crippen LogP contribution is -2.50. The highest BCUT2D eigenvalue weighted by Crippen LogP contribution is 2.31. The predicted molar refractivity (Wildman–Crippen MR) is 100 cm³/mol. The topological polar surface area (TPSA) is 53.1 Å². The second-order valence-electron chi connectivity index (χ2n) is 9.27. The first-order valence-electron chi connectivity index (χ1n) is 10.3. The highest BCUT2D eigenvalue weighted by molar-refractivity contribution is 5.78. The summed E-state index contributed by atoms with van der Waals surface area (Å²) in [5, 5.41) is 1.77. The quantitative estimate of drug-likeness (QED) is 0.769. The summed E-state index contributed by atoms with van der Waals surface area (Å²) in [5.41, 5.74) is -0.489. The van der Waals surface area contributed by atoms with Gasteiger partial charge in [0, 0.05) is 37.8 Å². The van der Waals surface area contributed by atoms with Gasteiger partial charge in [-0.25, -0.2) is 9.59 Å². The standard InChI is InChI=1S/C20H35N3O3/c1-15-14-22(16-8-6-5-7-9-16)19(25)23(15)17-10-12-21(13-11-17)26-18(24)20(2,3)4/h15-17H,5-14H2,1-4H3. The molecule has 0 aromatic rings. The molecule has 1 atom stereocenters. The molecule has 1 unspecified atom stereocenters. The third-order valence-electron chi connectivity index (χ3n) is 6.06. The fraction of sp³-hybridized carbons (Fsp3) is 0.900. The molecule has 3 aliphatic rings. The maximum atomic E-state index is 13.1. The van der Waals surface area contributed by atoms with Gasteiger partial charge in [-0.05, 0) is 53.4 Å². The molecule has 0 N–H and O–H groups in total. The molecule has 0 spiro atoms. The van der Waals surface area contributed by atoms with Crippen molar-refractivity contribution in [2.24, 2.45) is 5.41 Å². The zero-order valence-corrected chi connectivity index (χ0v) is 16.9. The summed E-state index contributed by atoms with van der Waals surface area (Å²) in [7, 11) is 0. The van der Waals surface area contributed by atoms with Gasteiger partial charge in [-0.15, -0.1) is 5.06 Å². The van der Waals surface area contributed by atoms with E-state index >= 15 is 0 Å². The molecular formula is C20H35N3O3. The number of amides is 2. The molecule has 3 fully saturated rings. The van der Waals surface area contributed by atoms with Crippen LogP contribution >= 0.6 is 0 Å². The molecular weight excluding hydrogens is 330 g/mol. The lowest BCUT2D eigenvalue weighted by atomic mass is 9.94. The van der Waals surface area contributed by atoms with Crippen LogP contribution < -0.4 is 0 Å². The molecule has 6 nitrogen and oxygen atoms in total. The minimum absolute atomic E-state index is 0.190. The van der Waals surface area contributed by atoms with Gasteiger partial charge in [0.25, 0.3) is 0 Å². The van der Waals surface area contributed by atoms with Gasteiger partial charge in [-0.2, -0.15) is 0 Å². The van der Waals surface area contributed by atoms with Crippen molar-refractivity contribution in [2.75, 3.05) is 19.6 Å². The smallest absolute Gasteiger partial charge is 0.330 e. The largest absolute Gasteiger partial charge is 0.367 e. The van der Waals surface area contributed by atoms with E-state index in [-0.39, 0.29) is 24.1 Å². The van der Waals surface area contributed by atoms with E-state index in [2.05, 4.69) is 16.7 Å². The van der Waals surface area contributed by atoms with Crippen LogP contribution in [0.15, 0.2) is 0 Å². The summed E-state index contributed by atoms with van der Waals surface area (Å²) in [4.78, 5) is 34.9. The van der Waals surface area contributed by atoms with Crippen LogP contribution in [0.4, 0.5) is 4.79 Å². The molecule has 0 aromatic heterocycles. The Morgan fingerprint density at radius 2 is 1.62 bits per heavy atom. The number of urea groups is 1. The molecule has 2 aliphatic heterocycles. The summed E-state index contributed by atoms with van der Waals surface area (Å²) in [6.07, 6.45) is 7.86. The van der Waals surface area contributed by atoms with E-state index in [0.29, 0.717) is 19.1 Å². The van der Waals surface area contributed by atoms with Gasteiger partial charge < -0.3 is 14.6 Å². The van der Waals surface area contributed by atoms with Crippen molar-refractivity contribution in [2.45, 2.75) is 90.8 Å². The molecule has 2 amide bonds. The van der Waals surface area contributed by atoms with E-state index in [4.69, 9.17) is 4.84 Å². The van der Waals surface area contributed by atoms with Crippen molar-refractivity contribution >= 4 is 12.0 Å². The van der Waals surface area contributed by atoms with Crippen molar-refractivity contribution in [1.29, 1.82) is 0 Å². The Morgan fingerprint density at radius 1 is 1.00 bits per heavy atom. The van der Waals surface area contributed by atoms with Gasteiger partial charge in [-0.1, -0.05) is 19.3 Å². The van der Waals surface area contributed by atoms with Crippen molar-refractivity contribution in [3.8, 4) is 0 Å². The summed E-state index contributed by atoms with van der Waals surface area (Å²) < 4.78 is 0. The Kier molecular flexibility index (Phi) is 5.80. The number of nitrogens with zero attached hydrogens (tertiary/aromatic N) is 3. The van der Waals surface area contributed by atoms with Crippen LogP contribution in [0.2, 0.25) is 0 Å². The highest BCUT2D eigenvalue weighted by Gasteiger charge is 2.43. The molecule has 0 bridgehead atoms. The summed E-state index contributed by atoms with van der Waals surface area (Å²) >= 11 is 0. The first kappa shape index (κ1) is 19.5. The molecule has 3 rings (SSSR count). The number of piperidine rings is 1. The second kappa shape index (κ2) is 7.75. The normalized spacial score (nSPS) is 27.2. The van der Waals surface area contributed by atoms with Crippen molar-refractivity contribution in [3.63, 3.8) is 0 Å². The average Bonchev–Trinajstić information content (AvgIpc) is 2.90. The van der Waals surface area contributed by atoms with Crippen molar-refractivity contribution in [1.82, 2.24) is 14.9 Å². The highest BCUT2D eigenvalue weighted by atomic mass is 16.7. The molecule has 2 saturated heterocycles. The lowest BCUT2D eigenvalue weighted by molar-refractivity contribution is -0.206. The molecule has 1 aliphatic carbocycles. The summed E-state index contributed by atoms with van der Waals surface area (Å²) in [5.74, 6) is -0.190. The molecule has 0 aromatic carbocycles. The minimum Gasteiger partial charge on any atom is -0.367 e. The van der Waals surface area contributed by atoms with Gasteiger partial charge in [-0.3, -0.25) is 0 Å². The summed E-state index contributed by atoms with van der Waals surface area (Å²) in [6, 6.07) is 1.21. The van der Waals surface area contributed by atoms with Gasteiger partial charge >= 0.3 is 12.0 Å². The number of carbonyl (C=O) groups is 2. The number of rotatable bonds is 3. The van der Waals surface area contributed by atoms with Gasteiger partial charge in [0.2, 0.25) is 0 Å². The number of hydroxylamine groups is 2. The molecule has 0 radical (unpaired) electrons. The zero-order valence-electron chi connectivity index (χ0n) is 16.9. The Morgan fingerprint density at radius 3 is 2.19 bits per heavy atom. The van der Waals surface area contributed by atoms with E-state index < -0.39 is 5.41 Å². The Labute approximate surface area is 157 Å². The van der Waals surface area contributed by atoms with E-state index in [1.807, 2.05) is 20.8 Å². The third kappa shape index (κ3) is 4.16. The minimum atomic E-state index is -0.489. The van der Waals surface area contributed by atoms with E-state index in [0.717, 1.165) is 32.2 Å². The van der Waals surface area contributed by atoms with Crippen LogP contribution in [-0.2, 0) is 9.63 Å². The van der Waals surface area contributed by atoms with E-state index in [1.165, 1.54) is 19.3 Å². The van der Waals surface area contributed by atoms with Crippen LogP contribution in [-0.4, -0.2) is 64.6 Å². The first-order chi connectivity index (χ1) is 12.3. The van der Waals surface area contributed by atoms with Crippen LogP contribution in [0, 0.1) is 5.41 Å². The van der Waals surface area contributed by atoms with Crippen LogP contribution in [0.1, 0.15) is 72.6 Å². The Bertz CT molecular complexity index is 517. The molecule has 2 heterocycles. The monoisotopic (exact) mass is 365 g/mol. The number of hydrogen-bond donors (Lipinski definition) is 0. The fourth-order valence-electron chi connectivity index (χ4n) is 4.47. The average molecular weight is 366 g/mol. The Hall–Kier alpha value is -1.30. The van der Waals surface area contributed by atoms with E-state index in [1.54, 1.807) is 5.06 Å². The SMILES string of the molecule is CC1CN(C2CCCCC2)C(=O)N1C1CCN(OC(=O)C(C)(C)C)CC1. The van der Waals surface area contributed by atoms with Gasteiger partial charge in [0.05, 0.1) is 5.41 Å². The second-order valence-corrected chi connectivity index (χ2v) is 9.27. The van der Waals surface area contributed by atoms with Crippen molar-refractivity contribution in [3.05, 3.63) is 0 Å². The van der Waals surface area contributed by atoms with Gasteiger partial charge in [0.1, 0.15) is 0 Å². The third-order valence-corrected chi connectivity index (χ3v) is 6.06.